The van der Waals surface area contributed by atoms with Gasteiger partial charge in [-0.15, -0.1) is 0 Å². The quantitative estimate of drug-likeness (QED) is 0.629. The van der Waals surface area contributed by atoms with E-state index in [-0.39, 0.29) is 14.8 Å². The number of anilines is 1. The molecule has 0 spiro atoms. The number of allylic oxidation sites excluding steroid dienone is 3. The minimum absolute atomic E-state index is 0. The van der Waals surface area contributed by atoms with E-state index in [1.165, 1.54) is 6.20 Å². The molecule has 4 rings (SSSR count). The van der Waals surface area contributed by atoms with E-state index in [4.69, 9.17) is 0 Å². The molecule has 1 aromatic carbocycles. The maximum Gasteiger partial charge on any atom is 0.209 e. The van der Waals surface area contributed by atoms with Crippen LogP contribution in [0.1, 0.15) is 21.4 Å². The number of rotatable bonds is 6. The van der Waals surface area contributed by atoms with Crippen molar-refractivity contribution in [2.45, 2.75) is 19.4 Å². The molecule has 2 N–H and O–H groups in total. The number of benzene rings is 1. The lowest BCUT2D eigenvalue weighted by molar-refractivity contribution is 0.586. The predicted octanol–water partition coefficient (Wildman–Crippen LogP) is 3.57. The summed E-state index contributed by atoms with van der Waals surface area (Å²) >= 11 is 0. The Hall–Kier alpha value is -3.23. The number of para-hydroxylation sites is 1. The zero-order chi connectivity index (χ0) is 21.1. The van der Waals surface area contributed by atoms with Crippen molar-refractivity contribution in [1.29, 1.82) is 0 Å². The zero-order valence-electron chi connectivity index (χ0n) is 16.5. The van der Waals surface area contributed by atoms with Crippen LogP contribution in [0, 0.1) is 0 Å². The van der Waals surface area contributed by atoms with E-state index < -0.39 is 10.0 Å². The highest BCUT2D eigenvalue weighted by Gasteiger charge is 2.14. The van der Waals surface area contributed by atoms with Gasteiger partial charge in [0.1, 0.15) is 5.82 Å². The topological polar surface area (TPSA) is 93.1 Å². The van der Waals surface area contributed by atoms with Crippen LogP contribution in [-0.4, -0.2) is 24.2 Å². The summed E-state index contributed by atoms with van der Waals surface area (Å²) in [5.74, 6) is 0.629. The first-order valence-electron chi connectivity index (χ1n) is 9.59. The third-order valence-corrected chi connectivity index (χ3v) is 5.42. The van der Waals surface area contributed by atoms with Gasteiger partial charge in [0.2, 0.25) is 10.0 Å². The van der Waals surface area contributed by atoms with Crippen molar-refractivity contribution in [2.75, 3.05) is 11.6 Å². The van der Waals surface area contributed by atoms with Gasteiger partial charge in [0.25, 0.3) is 0 Å². The van der Waals surface area contributed by atoms with Gasteiger partial charge in [0.05, 0.1) is 29.4 Å². The van der Waals surface area contributed by atoms with Gasteiger partial charge in [-0.25, -0.2) is 13.1 Å². The molecular weight excluding hydrogens is 400 g/mol. The highest BCUT2D eigenvalue weighted by Crippen LogP contribution is 2.24. The molecule has 1 aliphatic carbocycles. The second-order valence-electron chi connectivity index (χ2n) is 7.12. The van der Waals surface area contributed by atoms with Gasteiger partial charge in [-0.3, -0.25) is 14.3 Å². The highest BCUT2D eigenvalue weighted by atomic mass is 32.2. The Bertz CT molecular complexity index is 1320. The van der Waals surface area contributed by atoms with Gasteiger partial charge < -0.3 is 5.32 Å². The Balaban J connectivity index is 0.00000181. The monoisotopic (exact) mass is 426 g/mol. The molecule has 2 aromatic heterocycles. The third kappa shape index (κ3) is 4.50. The molecule has 2 heterocycles. The molecule has 1 aliphatic rings. The fourth-order valence-corrected chi connectivity index (χ4v) is 3.77. The van der Waals surface area contributed by atoms with Crippen LogP contribution in [0.3, 0.4) is 0 Å². The van der Waals surface area contributed by atoms with Crippen LogP contribution in [0.5, 0.6) is 0 Å². The molecule has 0 saturated heterocycles. The second kappa shape index (κ2) is 8.25. The van der Waals surface area contributed by atoms with Crippen molar-refractivity contribution in [3.05, 3.63) is 88.5 Å². The van der Waals surface area contributed by atoms with Crippen LogP contribution in [0.2, 0.25) is 0 Å². The summed E-state index contributed by atoms with van der Waals surface area (Å²) in [7, 11) is -3.36. The third-order valence-electron chi connectivity index (χ3n) is 4.75. The van der Waals surface area contributed by atoms with E-state index in [1.807, 2.05) is 41.0 Å². The molecule has 0 unspecified atom stereocenters. The summed E-state index contributed by atoms with van der Waals surface area (Å²) in [6.07, 6.45) is 10.7. The van der Waals surface area contributed by atoms with Crippen LogP contribution in [0.15, 0.2) is 77.4 Å². The van der Waals surface area contributed by atoms with E-state index in [9.17, 15) is 13.2 Å². The van der Waals surface area contributed by atoms with Crippen molar-refractivity contribution < 1.29 is 11.3 Å². The minimum atomic E-state index is -3.36. The van der Waals surface area contributed by atoms with Gasteiger partial charge in [-0.1, -0.05) is 30.4 Å². The van der Waals surface area contributed by atoms with Gasteiger partial charge >= 0.3 is 0 Å². The SMILES string of the molecule is CS(=O)(=O)NCc1cc2c(cn1)c(=O)cc(NC1=CCCC=C1)n2-c1ccccc1.[HH].[HH]. The van der Waals surface area contributed by atoms with Crippen LogP contribution < -0.4 is 15.5 Å². The number of sulfonamides is 1. The Labute approximate surface area is 177 Å². The molecule has 0 radical (unpaired) electrons. The van der Waals surface area contributed by atoms with E-state index in [2.05, 4.69) is 27.2 Å². The molecule has 0 fully saturated rings. The van der Waals surface area contributed by atoms with E-state index >= 15 is 0 Å². The number of nitrogens with zero attached hydrogens (tertiary/aromatic N) is 2. The summed E-state index contributed by atoms with van der Waals surface area (Å²) in [6, 6.07) is 13.0. The Morgan fingerprint density at radius 1 is 1.17 bits per heavy atom. The summed E-state index contributed by atoms with van der Waals surface area (Å²) in [4.78, 5) is 17.1. The highest BCUT2D eigenvalue weighted by molar-refractivity contribution is 7.88. The molecule has 0 atom stereocenters. The molecule has 0 aliphatic heterocycles. The van der Waals surface area contributed by atoms with Gasteiger partial charge in [-0.2, -0.15) is 0 Å². The van der Waals surface area contributed by atoms with Crippen LogP contribution in [0.25, 0.3) is 16.6 Å². The van der Waals surface area contributed by atoms with Crippen molar-refractivity contribution in [1.82, 2.24) is 14.3 Å². The van der Waals surface area contributed by atoms with E-state index in [0.29, 0.717) is 22.4 Å². The summed E-state index contributed by atoms with van der Waals surface area (Å²) in [6.45, 7) is 0.0449. The maximum atomic E-state index is 12.8. The van der Waals surface area contributed by atoms with Crippen molar-refractivity contribution >= 4 is 26.7 Å². The minimum Gasteiger partial charge on any atom is -0.342 e. The Kier molecular flexibility index (Phi) is 5.52. The largest absolute Gasteiger partial charge is 0.342 e. The maximum absolute atomic E-state index is 12.8. The van der Waals surface area contributed by atoms with Crippen molar-refractivity contribution in [3.63, 3.8) is 0 Å². The van der Waals surface area contributed by atoms with Crippen LogP contribution >= 0.6 is 0 Å². The second-order valence-corrected chi connectivity index (χ2v) is 8.95. The zero-order valence-corrected chi connectivity index (χ0v) is 17.3. The van der Waals surface area contributed by atoms with Gasteiger partial charge in [-0.05, 0) is 37.1 Å². The predicted molar refractivity (Wildman–Crippen MR) is 123 cm³/mol. The summed E-state index contributed by atoms with van der Waals surface area (Å²) in [5, 5.41) is 3.82. The smallest absolute Gasteiger partial charge is 0.209 e. The molecular formula is C22H26N4O3S. The number of fused-ring (bicyclic) bond motifs is 1. The summed E-state index contributed by atoms with van der Waals surface area (Å²) < 4.78 is 27.3. The average Bonchev–Trinajstić information content (AvgIpc) is 2.73. The first-order chi connectivity index (χ1) is 14.4. The normalized spacial score (nSPS) is 14.0. The molecule has 7 nitrogen and oxygen atoms in total. The lowest BCUT2D eigenvalue weighted by Crippen LogP contribution is -2.22. The molecule has 0 amide bonds. The lowest BCUT2D eigenvalue weighted by atomic mass is 10.1. The van der Waals surface area contributed by atoms with Crippen LogP contribution in [0.4, 0.5) is 5.82 Å². The average molecular weight is 427 g/mol. The number of hydrogen-bond acceptors (Lipinski definition) is 5. The van der Waals surface area contributed by atoms with E-state index in [1.54, 1.807) is 12.1 Å². The number of nitrogens with one attached hydrogen (secondary N) is 2. The first kappa shape index (κ1) is 20.1. The molecule has 30 heavy (non-hydrogen) atoms. The van der Waals surface area contributed by atoms with Gasteiger partial charge in [0.15, 0.2) is 5.43 Å². The van der Waals surface area contributed by atoms with Crippen molar-refractivity contribution in [3.8, 4) is 5.69 Å². The molecule has 3 aromatic rings. The number of hydrogen-bond donors (Lipinski definition) is 2. The fraction of sp³-hybridized carbons (Fsp3) is 0.182. The van der Waals surface area contributed by atoms with Crippen LogP contribution in [-0.2, 0) is 16.6 Å². The Morgan fingerprint density at radius 2 is 1.97 bits per heavy atom. The standard InChI is InChI=1S/C22H22N4O3S.2H2/c1-30(28,29)24-14-17-12-20-19(15-23-17)21(27)13-22(25-16-8-4-2-5-9-16)26(20)18-10-6-3-7-11-18;;/h3-4,6-13,15,24-25H,2,5,14H2,1H3;2*1H. The fourth-order valence-electron chi connectivity index (χ4n) is 3.36. The molecule has 158 valence electrons. The molecule has 8 heteroatoms. The van der Waals surface area contributed by atoms with E-state index in [0.717, 1.165) is 30.5 Å². The number of aromatic nitrogens is 2. The molecule has 0 saturated carbocycles. The van der Waals surface area contributed by atoms with Gasteiger partial charge in [0, 0.05) is 26.5 Å². The number of pyridine rings is 2. The Morgan fingerprint density at radius 3 is 2.67 bits per heavy atom. The summed E-state index contributed by atoms with van der Waals surface area (Å²) in [5.41, 5.74) is 2.81. The first-order valence-corrected chi connectivity index (χ1v) is 11.5. The molecule has 0 bridgehead atoms. The lowest BCUT2D eigenvalue weighted by Gasteiger charge is -2.20. The van der Waals surface area contributed by atoms with Crippen molar-refractivity contribution in [2.24, 2.45) is 0 Å².